The quantitative estimate of drug-likeness (QED) is 0.409. The fraction of sp³-hybridized carbons (Fsp3) is 0.111. The van der Waals surface area contributed by atoms with Crippen LogP contribution >= 0.6 is 15.9 Å². The molecule has 0 radical (unpaired) electrons. The van der Waals surface area contributed by atoms with Crippen molar-refractivity contribution in [1.29, 1.82) is 0 Å². The second-order valence-corrected chi connectivity index (χ2v) is 6.59. The summed E-state index contributed by atoms with van der Waals surface area (Å²) in [5.41, 5.74) is 6.31. The van der Waals surface area contributed by atoms with E-state index in [0.717, 1.165) is 37.9 Å². The second-order valence-electron chi connectivity index (χ2n) is 5.67. The Balaban J connectivity index is 1.61. The third-order valence-corrected chi connectivity index (χ3v) is 4.55. The van der Waals surface area contributed by atoms with Crippen LogP contribution in [-0.2, 0) is 7.05 Å². The monoisotopic (exact) mass is 410 g/mol. The van der Waals surface area contributed by atoms with Gasteiger partial charge in [0.1, 0.15) is 11.3 Å². The molecular formula is C18H15BrN6O. The van der Waals surface area contributed by atoms with Crippen LogP contribution in [0, 0.1) is 0 Å². The van der Waals surface area contributed by atoms with Gasteiger partial charge in [-0.25, -0.2) is 5.43 Å². The van der Waals surface area contributed by atoms with E-state index in [9.17, 15) is 0 Å². The summed E-state index contributed by atoms with van der Waals surface area (Å²) in [6, 6.07) is 13.6. The number of hydrogen-bond acceptors (Lipinski definition) is 6. The van der Waals surface area contributed by atoms with Crippen LogP contribution in [-0.4, -0.2) is 33.1 Å². The van der Waals surface area contributed by atoms with E-state index < -0.39 is 0 Å². The van der Waals surface area contributed by atoms with E-state index in [1.807, 2.05) is 54.1 Å². The molecule has 0 saturated carbocycles. The van der Waals surface area contributed by atoms with Gasteiger partial charge >= 0.3 is 0 Å². The molecule has 0 aliphatic rings. The van der Waals surface area contributed by atoms with Crippen LogP contribution in [0.2, 0.25) is 0 Å². The Kier molecular flexibility index (Phi) is 4.26. The summed E-state index contributed by atoms with van der Waals surface area (Å²) in [5, 5.41) is 13.6. The predicted octanol–water partition coefficient (Wildman–Crippen LogP) is 3.73. The van der Waals surface area contributed by atoms with Crippen LogP contribution in [0.25, 0.3) is 22.1 Å². The lowest BCUT2D eigenvalue weighted by Crippen LogP contribution is -2.00. The fourth-order valence-electron chi connectivity index (χ4n) is 2.73. The first-order valence-electron chi connectivity index (χ1n) is 7.87. The Labute approximate surface area is 157 Å². The number of anilines is 1. The zero-order valence-corrected chi connectivity index (χ0v) is 15.7. The molecule has 7 nitrogen and oxygen atoms in total. The van der Waals surface area contributed by atoms with E-state index in [4.69, 9.17) is 4.74 Å². The first-order valence-corrected chi connectivity index (χ1v) is 8.66. The number of fused-ring (bicyclic) bond motifs is 3. The van der Waals surface area contributed by atoms with E-state index in [2.05, 4.69) is 41.6 Å². The molecule has 0 aliphatic heterocycles. The third-order valence-electron chi connectivity index (χ3n) is 4.06. The molecule has 8 heteroatoms. The van der Waals surface area contributed by atoms with Gasteiger partial charge in [0.2, 0.25) is 0 Å². The highest BCUT2D eigenvalue weighted by atomic mass is 79.9. The maximum Gasteiger partial charge on any atom is 0.265 e. The lowest BCUT2D eigenvalue weighted by Gasteiger charge is -2.00. The van der Waals surface area contributed by atoms with Crippen LogP contribution < -0.4 is 10.2 Å². The molecule has 0 spiro atoms. The molecule has 0 aliphatic carbocycles. The number of methoxy groups -OCH3 is 1. The maximum absolute atomic E-state index is 5.13. The van der Waals surface area contributed by atoms with Crippen molar-refractivity contribution < 1.29 is 4.74 Å². The number of aryl methyl sites for hydroxylation is 1. The van der Waals surface area contributed by atoms with Gasteiger partial charge in [-0.2, -0.15) is 10.1 Å². The molecule has 2 heterocycles. The van der Waals surface area contributed by atoms with Gasteiger partial charge < -0.3 is 9.30 Å². The second kappa shape index (κ2) is 6.72. The highest BCUT2D eigenvalue weighted by molar-refractivity contribution is 9.10. The zero-order chi connectivity index (χ0) is 18.1. The van der Waals surface area contributed by atoms with Crippen molar-refractivity contribution in [1.82, 2.24) is 19.7 Å². The topological polar surface area (TPSA) is 77.2 Å². The standard InChI is InChI=1S/C18H15BrN6O/c1-25-15-8-5-12(19)9-14(15)16-17(25)21-18(24-22-16)23-20-10-11-3-6-13(26-2)7-4-11/h3-10H,1-2H3,(H,21,23,24). The van der Waals surface area contributed by atoms with E-state index in [-0.39, 0.29) is 0 Å². The SMILES string of the molecule is COc1ccc(C=NNc2nnc3c4cc(Br)ccc4n(C)c3n2)cc1. The van der Waals surface area contributed by atoms with E-state index >= 15 is 0 Å². The van der Waals surface area contributed by atoms with Gasteiger partial charge in [0.15, 0.2) is 5.65 Å². The minimum atomic E-state index is 0.340. The van der Waals surface area contributed by atoms with Gasteiger partial charge in [-0.1, -0.05) is 15.9 Å². The van der Waals surface area contributed by atoms with Crippen molar-refractivity contribution in [2.75, 3.05) is 12.5 Å². The average molecular weight is 411 g/mol. The van der Waals surface area contributed by atoms with Gasteiger partial charge in [-0.3, -0.25) is 0 Å². The van der Waals surface area contributed by atoms with Crippen molar-refractivity contribution in [2.24, 2.45) is 12.1 Å². The number of benzene rings is 2. The summed E-state index contributed by atoms with van der Waals surface area (Å²) >= 11 is 3.49. The molecule has 0 saturated heterocycles. The smallest absolute Gasteiger partial charge is 0.265 e. The van der Waals surface area contributed by atoms with Crippen LogP contribution in [0.15, 0.2) is 52.0 Å². The Hall–Kier alpha value is -3.00. The molecule has 0 fully saturated rings. The molecule has 0 bridgehead atoms. The first-order chi connectivity index (χ1) is 12.7. The number of rotatable bonds is 4. The van der Waals surface area contributed by atoms with E-state index in [1.165, 1.54) is 0 Å². The van der Waals surface area contributed by atoms with Gasteiger partial charge in [0, 0.05) is 16.9 Å². The molecule has 2 aromatic carbocycles. The van der Waals surface area contributed by atoms with E-state index in [0.29, 0.717) is 5.95 Å². The molecule has 26 heavy (non-hydrogen) atoms. The molecule has 1 N–H and O–H groups in total. The number of nitrogens with zero attached hydrogens (tertiary/aromatic N) is 5. The first kappa shape index (κ1) is 16.5. The molecular weight excluding hydrogens is 396 g/mol. The predicted molar refractivity (Wildman–Crippen MR) is 106 cm³/mol. The third kappa shape index (κ3) is 2.99. The van der Waals surface area contributed by atoms with Crippen LogP contribution in [0.4, 0.5) is 5.95 Å². The highest BCUT2D eigenvalue weighted by Crippen LogP contribution is 2.27. The minimum absolute atomic E-state index is 0.340. The summed E-state index contributed by atoms with van der Waals surface area (Å²) in [4.78, 5) is 4.53. The normalized spacial score (nSPS) is 11.5. The molecule has 0 amide bonds. The Bertz CT molecular complexity index is 1120. The maximum atomic E-state index is 5.13. The molecule has 4 aromatic rings. The largest absolute Gasteiger partial charge is 0.497 e. The van der Waals surface area contributed by atoms with Crippen molar-refractivity contribution in [3.05, 3.63) is 52.5 Å². The van der Waals surface area contributed by atoms with Crippen molar-refractivity contribution in [3.8, 4) is 5.75 Å². The number of nitrogens with one attached hydrogen (secondary N) is 1. The van der Waals surface area contributed by atoms with Gasteiger partial charge in [-0.15, -0.1) is 10.2 Å². The van der Waals surface area contributed by atoms with Crippen molar-refractivity contribution in [2.45, 2.75) is 0 Å². The zero-order valence-electron chi connectivity index (χ0n) is 14.1. The molecule has 4 rings (SSSR count). The summed E-state index contributed by atoms with van der Waals surface area (Å²) in [5.74, 6) is 1.14. The summed E-state index contributed by atoms with van der Waals surface area (Å²) in [7, 11) is 3.59. The van der Waals surface area contributed by atoms with Gasteiger partial charge in [0.05, 0.1) is 18.8 Å². The molecule has 0 unspecified atom stereocenters. The lowest BCUT2D eigenvalue weighted by atomic mass is 10.2. The van der Waals surface area contributed by atoms with Crippen LogP contribution in [0.1, 0.15) is 5.56 Å². The average Bonchev–Trinajstić information content (AvgIpc) is 2.94. The summed E-state index contributed by atoms with van der Waals surface area (Å²) < 4.78 is 8.12. The number of aromatic nitrogens is 4. The molecule has 130 valence electrons. The molecule has 0 atom stereocenters. The Morgan fingerprint density at radius 1 is 1.15 bits per heavy atom. The van der Waals surface area contributed by atoms with Crippen LogP contribution in [0.3, 0.4) is 0 Å². The number of ether oxygens (including phenoxy) is 1. The summed E-state index contributed by atoms with van der Waals surface area (Å²) in [6.45, 7) is 0. The highest BCUT2D eigenvalue weighted by Gasteiger charge is 2.12. The molecule has 2 aromatic heterocycles. The Morgan fingerprint density at radius 2 is 1.96 bits per heavy atom. The van der Waals surface area contributed by atoms with Crippen molar-refractivity contribution >= 4 is 50.2 Å². The van der Waals surface area contributed by atoms with Gasteiger partial charge in [-0.05, 0) is 48.0 Å². The van der Waals surface area contributed by atoms with Gasteiger partial charge in [0.25, 0.3) is 5.95 Å². The summed E-state index contributed by atoms with van der Waals surface area (Å²) in [6.07, 6.45) is 1.69. The lowest BCUT2D eigenvalue weighted by molar-refractivity contribution is 0.415. The van der Waals surface area contributed by atoms with E-state index in [1.54, 1.807) is 13.3 Å². The minimum Gasteiger partial charge on any atom is -0.497 e. The number of halogens is 1. The fourth-order valence-corrected chi connectivity index (χ4v) is 3.09. The number of hydrazone groups is 1. The van der Waals surface area contributed by atoms with Crippen molar-refractivity contribution in [3.63, 3.8) is 0 Å². The van der Waals surface area contributed by atoms with Crippen LogP contribution in [0.5, 0.6) is 5.75 Å². The Morgan fingerprint density at radius 3 is 2.73 bits per heavy atom. The number of hydrogen-bond donors (Lipinski definition) is 1.